The molecule has 0 radical (unpaired) electrons. The Morgan fingerprint density at radius 3 is 2.00 bits per heavy atom. The van der Waals surface area contributed by atoms with Gasteiger partial charge in [-0.2, -0.15) is 0 Å². The van der Waals surface area contributed by atoms with Gasteiger partial charge < -0.3 is 9.84 Å². The normalized spacial score (nSPS) is 12.7. The second-order valence-corrected chi connectivity index (χ2v) is 6.71. The van der Waals surface area contributed by atoms with Gasteiger partial charge in [0, 0.05) is 6.42 Å². The van der Waals surface area contributed by atoms with Crippen molar-refractivity contribution in [2.24, 2.45) is 0 Å². The number of carboxylic acids is 1. The van der Waals surface area contributed by atoms with Gasteiger partial charge >= 0.3 is 11.9 Å². The zero-order valence-electron chi connectivity index (χ0n) is 16.8. The second kappa shape index (κ2) is 18.2. The summed E-state index contributed by atoms with van der Waals surface area (Å²) in [4.78, 5) is 22.3. The van der Waals surface area contributed by atoms with Crippen molar-refractivity contribution in [2.45, 2.75) is 103 Å². The first kappa shape index (κ1) is 24.4. The van der Waals surface area contributed by atoms with Crippen LogP contribution in [-0.4, -0.2) is 23.1 Å². The lowest BCUT2D eigenvalue weighted by Gasteiger charge is -2.11. The molecule has 0 spiro atoms. The number of hydrogen-bond acceptors (Lipinski definition) is 3. The molecule has 0 aromatic rings. The number of carboxylic acid groups (broad SMARTS) is 1. The fraction of sp³-hybridized carbons (Fsp3) is 0.727. The minimum absolute atomic E-state index is 0.309. The third-order valence-corrected chi connectivity index (χ3v) is 4.25. The Morgan fingerprint density at radius 1 is 0.846 bits per heavy atom. The highest BCUT2D eigenvalue weighted by atomic mass is 16.6. The summed E-state index contributed by atoms with van der Waals surface area (Å²) in [6.07, 6.45) is 21.1. The zero-order valence-corrected chi connectivity index (χ0v) is 16.8. The molecule has 0 aliphatic carbocycles. The minimum Gasteiger partial charge on any atom is -0.479 e. The van der Waals surface area contributed by atoms with E-state index in [-0.39, 0.29) is 0 Å². The van der Waals surface area contributed by atoms with Crippen LogP contribution in [0.1, 0.15) is 97.3 Å². The SMILES string of the molecule is CCCCC/C=C\C/C=C\CCCCCCCC(=O)OC(CC)C(=O)O. The maximum Gasteiger partial charge on any atom is 0.345 e. The minimum atomic E-state index is -1.07. The molecule has 0 fully saturated rings. The highest BCUT2D eigenvalue weighted by Crippen LogP contribution is 2.10. The van der Waals surface area contributed by atoms with Gasteiger partial charge in [-0.3, -0.25) is 4.79 Å². The number of carbonyl (C=O) groups is 2. The number of rotatable bonds is 17. The van der Waals surface area contributed by atoms with Crippen molar-refractivity contribution in [1.82, 2.24) is 0 Å². The van der Waals surface area contributed by atoms with Crippen LogP contribution in [0.5, 0.6) is 0 Å². The fourth-order valence-corrected chi connectivity index (χ4v) is 2.61. The van der Waals surface area contributed by atoms with Crippen LogP contribution in [0, 0.1) is 0 Å². The van der Waals surface area contributed by atoms with E-state index in [1.165, 1.54) is 38.5 Å². The molecule has 0 aromatic carbocycles. The highest BCUT2D eigenvalue weighted by molar-refractivity contribution is 5.77. The number of unbranched alkanes of at least 4 members (excludes halogenated alkanes) is 8. The molecule has 0 heterocycles. The molecule has 1 unspecified atom stereocenters. The number of allylic oxidation sites excluding steroid dienone is 4. The first-order valence-electron chi connectivity index (χ1n) is 10.3. The summed E-state index contributed by atoms with van der Waals surface area (Å²) in [6.45, 7) is 3.93. The van der Waals surface area contributed by atoms with Gasteiger partial charge in [-0.15, -0.1) is 0 Å². The van der Waals surface area contributed by atoms with Gasteiger partial charge in [0.25, 0.3) is 0 Å². The van der Waals surface area contributed by atoms with E-state index >= 15 is 0 Å². The molecule has 0 aliphatic rings. The average molecular weight is 367 g/mol. The standard InChI is InChI=1S/C22H38O4/c1-3-5-6-7-8-9-10-11-12-13-14-15-16-17-18-19-21(23)26-20(4-2)22(24)25/h8-9,11-12,20H,3-7,10,13-19H2,1-2H3,(H,24,25)/b9-8-,12-11-. The molecule has 26 heavy (non-hydrogen) atoms. The van der Waals surface area contributed by atoms with E-state index in [1.807, 2.05) is 0 Å². The van der Waals surface area contributed by atoms with Crippen LogP contribution in [-0.2, 0) is 14.3 Å². The Labute approximate surface area is 159 Å². The maximum absolute atomic E-state index is 11.6. The third kappa shape index (κ3) is 15.9. The Bertz CT molecular complexity index is 412. The number of aliphatic carboxylic acids is 1. The van der Waals surface area contributed by atoms with Crippen LogP contribution >= 0.6 is 0 Å². The van der Waals surface area contributed by atoms with Crippen molar-refractivity contribution in [3.8, 4) is 0 Å². The quantitative estimate of drug-likeness (QED) is 0.189. The maximum atomic E-state index is 11.6. The fourth-order valence-electron chi connectivity index (χ4n) is 2.61. The first-order chi connectivity index (χ1) is 12.6. The highest BCUT2D eigenvalue weighted by Gasteiger charge is 2.19. The molecule has 0 rings (SSSR count). The summed E-state index contributed by atoms with van der Waals surface area (Å²) >= 11 is 0. The summed E-state index contributed by atoms with van der Waals surface area (Å²) in [6, 6.07) is 0. The molecule has 4 heteroatoms. The second-order valence-electron chi connectivity index (χ2n) is 6.71. The first-order valence-corrected chi connectivity index (χ1v) is 10.3. The van der Waals surface area contributed by atoms with Gasteiger partial charge in [0.05, 0.1) is 0 Å². The van der Waals surface area contributed by atoms with Gasteiger partial charge in [-0.25, -0.2) is 4.79 Å². The predicted octanol–water partition coefficient (Wildman–Crippen LogP) is 6.21. The van der Waals surface area contributed by atoms with Crippen LogP contribution in [0.4, 0.5) is 0 Å². The molecule has 0 aromatic heterocycles. The molecule has 1 N–H and O–H groups in total. The lowest BCUT2D eigenvalue weighted by atomic mass is 10.1. The molecule has 0 aliphatic heterocycles. The van der Waals surface area contributed by atoms with Crippen molar-refractivity contribution >= 4 is 11.9 Å². The van der Waals surface area contributed by atoms with E-state index in [1.54, 1.807) is 6.92 Å². The van der Waals surface area contributed by atoms with Crippen molar-refractivity contribution < 1.29 is 19.4 Å². The Balaban J connectivity index is 3.44. The Kier molecular flexibility index (Phi) is 17.1. The molecule has 0 bridgehead atoms. The number of hydrogen-bond donors (Lipinski definition) is 1. The molecule has 1 atom stereocenters. The monoisotopic (exact) mass is 366 g/mol. The molecular formula is C22H38O4. The van der Waals surface area contributed by atoms with Gasteiger partial charge in [-0.1, -0.05) is 70.3 Å². The van der Waals surface area contributed by atoms with E-state index in [0.717, 1.165) is 32.1 Å². The van der Waals surface area contributed by atoms with Gasteiger partial charge in [0.15, 0.2) is 6.10 Å². The van der Waals surface area contributed by atoms with Crippen molar-refractivity contribution in [3.05, 3.63) is 24.3 Å². The average Bonchev–Trinajstić information content (AvgIpc) is 2.62. The molecule has 0 amide bonds. The van der Waals surface area contributed by atoms with E-state index in [2.05, 4.69) is 31.2 Å². The summed E-state index contributed by atoms with van der Waals surface area (Å²) in [5, 5.41) is 8.84. The topological polar surface area (TPSA) is 63.6 Å². The van der Waals surface area contributed by atoms with Crippen LogP contribution < -0.4 is 0 Å². The molecular weight excluding hydrogens is 328 g/mol. The molecule has 0 saturated carbocycles. The van der Waals surface area contributed by atoms with Crippen molar-refractivity contribution in [2.75, 3.05) is 0 Å². The number of carbonyl (C=O) groups excluding carboxylic acids is 1. The third-order valence-electron chi connectivity index (χ3n) is 4.25. The number of esters is 1. The van der Waals surface area contributed by atoms with Crippen LogP contribution in [0.2, 0.25) is 0 Å². The Morgan fingerprint density at radius 2 is 1.42 bits per heavy atom. The van der Waals surface area contributed by atoms with Gasteiger partial charge in [0.1, 0.15) is 0 Å². The van der Waals surface area contributed by atoms with Crippen LogP contribution in [0.25, 0.3) is 0 Å². The summed E-state index contributed by atoms with van der Waals surface area (Å²) in [7, 11) is 0. The van der Waals surface area contributed by atoms with Crippen molar-refractivity contribution in [1.29, 1.82) is 0 Å². The summed E-state index contributed by atoms with van der Waals surface area (Å²) < 4.78 is 4.93. The van der Waals surface area contributed by atoms with Gasteiger partial charge in [0.2, 0.25) is 0 Å². The molecule has 4 nitrogen and oxygen atoms in total. The molecule has 0 saturated heterocycles. The largest absolute Gasteiger partial charge is 0.479 e. The lowest BCUT2D eigenvalue weighted by Crippen LogP contribution is -2.26. The zero-order chi connectivity index (χ0) is 19.5. The number of ether oxygens (including phenoxy) is 1. The lowest BCUT2D eigenvalue weighted by molar-refractivity contribution is -0.164. The van der Waals surface area contributed by atoms with Crippen LogP contribution in [0.3, 0.4) is 0 Å². The van der Waals surface area contributed by atoms with Crippen molar-refractivity contribution in [3.63, 3.8) is 0 Å². The Hall–Kier alpha value is -1.58. The van der Waals surface area contributed by atoms with Crippen LogP contribution in [0.15, 0.2) is 24.3 Å². The molecule has 150 valence electrons. The van der Waals surface area contributed by atoms with E-state index in [9.17, 15) is 9.59 Å². The predicted molar refractivity (Wildman–Crippen MR) is 107 cm³/mol. The summed E-state index contributed by atoms with van der Waals surface area (Å²) in [5.41, 5.74) is 0. The van der Waals surface area contributed by atoms with E-state index < -0.39 is 18.0 Å². The smallest absolute Gasteiger partial charge is 0.345 e. The van der Waals surface area contributed by atoms with E-state index in [4.69, 9.17) is 9.84 Å². The summed E-state index contributed by atoms with van der Waals surface area (Å²) in [5.74, 6) is -1.47. The van der Waals surface area contributed by atoms with Gasteiger partial charge in [-0.05, 0) is 44.9 Å². The van der Waals surface area contributed by atoms with E-state index in [0.29, 0.717) is 12.8 Å².